The minimum absolute atomic E-state index is 0.750. The third-order valence-corrected chi connectivity index (χ3v) is 4.37. The monoisotopic (exact) mass is 349 g/mol. The van der Waals surface area contributed by atoms with Crippen LogP contribution < -0.4 is 15.8 Å². The highest BCUT2D eigenvalue weighted by Crippen LogP contribution is 2.32. The predicted octanol–water partition coefficient (Wildman–Crippen LogP) is 4.39. The molecule has 6 heteroatoms. The molecule has 1 aromatic heterocycles. The van der Waals surface area contributed by atoms with Crippen LogP contribution in [-0.4, -0.2) is 12.1 Å². The van der Waals surface area contributed by atoms with Crippen LogP contribution in [0.3, 0.4) is 0 Å². The van der Waals surface area contributed by atoms with E-state index < -0.39 is 0 Å². The SMILES string of the molecule is COc1ccc(Nc2nc3ccc(N)cc3s2)cc1Br. The Morgan fingerprint density at radius 3 is 2.85 bits per heavy atom. The number of benzene rings is 2. The Labute approximate surface area is 128 Å². The van der Waals surface area contributed by atoms with Crippen molar-refractivity contribution in [3.8, 4) is 5.75 Å². The van der Waals surface area contributed by atoms with Crippen LogP contribution in [-0.2, 0) is 0 Å². The maximum Gasteiger partial charge on any atom is 0.188 e. The van der Waals surface area contributed by atoms with E-state index in [1.165, 1.54) is 0 Å². The van der Waals surface area contributed by atoms with Crippen LogP contribution in [0.15, 0.2) is 40.9 Å². The Hall–Kier alpha value is -1.79. The number of ether oxygens (including phenoxy) is 1. The summed E-state index contributed by atoms with van der Waals surface area (Å²) in [5.41, 5.74) is 8.42. The molecule has 0 radical (unpaired) electrons. The van der Waals surface area contributed by atoms with E-state index in [0.29, 0.717) is 0 Å². The van der Waals surface area contributed by atoms with Gasteiger partial charge in [-0.15, -0.1) is 0 Å². The Morgan fingerprint density at radius 2 is 2.10 bits per heavy atom. The van der Waals surface area contributed by atoms with Gasteiger partial charge < -0.3 is 15.8 Å². The van der Waals surface area contributed by atoms with Crippen LogP contribution in [0.4, 0.5) is 16.5 Å². The fourth-order valence-corrected chi connectivity index (χ4v) is 3.34. The molecular formula is C14H12BrN3OS. The van der Waals surface area contributed by atoms with Crippen molar-refractivity contribution in [2.24, 2.45) is 0 Å². The van der Waals surface area contributed by atoms with Crippen molar-refractivity contribution in [3.63, 3.8) is 0 Å². The van der Waals surface area contributed by atoms with Crippen LogP contribution in [0.5, 0.6) is 5.75 Å². The van der Waals surface area contributed by atoms with Gasteiger partial charge in [0.15, 0.2) is 5.13 Å². The molecule has 0 bridgehead atoms. The summed E-state index contributed by atoms with van der Waals surface area (Å²) in [7, 11) is 1.64. The standard InChI is InChI=1S/C14H12BrN3OS/c1-19-12-5-3-9(7-10(12)15)17-14-18-11-4-2-8(16)6-13(11)20-14/h2-7H,16H2,1H3,(H,17,18). The van der Waals surface area contributed by atoms with Crippen LogP contribution in [0, 0.1) is 0 Å². The lowest BCUT2D eigenvalue weighted by Gasteiger charge is -2.06. The molecule has 1 heterocycles. The van der Waals surface area contributed by atoms with Crippen molar-refractivity contribution in [2.45, 2.75) is 0 Å². The van der Waals surface area contributed by atoms with E-state index in [-0.39, 0.29) is 0 Å². The van der Waals surface area contributed by atoms with Crippen LogP contribution >= 0.6 is 27.3 Å². The maximum atomic E-state index is 5.78. The first-order valence-corrected chi connectivity index (χ1v) is 7.53. The van der Waals surface area contributed by atoms with Gasteiger partial charge in [0.05, 0.1) is 21.8 Å². The molecule has 4 nitrogen and oxygen atoms in total. The zero-order chi connectivity index (χ0) is 14.1. The number of halogens is 1. The quantitative estimate of drug-likeness (QED) is 0.688. The predicted molar refractivity (Wildman–Crippen MR) is 88.0 cm³/mol. The van der Waals surface area contributed by atoms with E-state index in [1.54, 1.807) is 18.4 Å². The maximum absolute atomic E-state index is 5.78. The molecule has 0 amide bonds. The molecule has 0 unspecified atom stereocenters. The summed E-state index contributed by atoms with van der Waals surface area (Å²) in [5, 5.41) is 4.12. The minimum Gasteiger partial charge on any atom is -0.496 e. The second-order valence-corrected chi connectivity index (χ2v) is 6.11. The van der Waals surface area contributed by atoms with E-state index in [0.717, 1.165) is 36.9 Å². The number of rotatable bonds is 3. The van der Waals surface area contributed by atoms with Gasteiger partial charge in [-0.1, -0.05) is 11.3 Å². The van der Waals surface area contributed by atoms with E-state index in [4.69, 9.17) is 10.5 Å². The Morgan fingerprint density at radius 1 is 1.25 bits per heavy atom. The Bertz CT molecular complexity index is 772. The first-order chi connectivity index (χ1) is 9.65. The van der Waals surface area contributed by atoms with Crippen molar-refractivity contribution in [2.75, 3.05) is 18.2 Å². The Balaban J connectivity index is 1.90. The van der Waals surface area contributed by atoms with Gasteiger partial charge in [-0.2, -0.15) is 0 Å². The first kappa shape index (κ1) is 13.2. The number of thiazole rings is 1. The van der Waals surface area contributed by atoms with Crippen LogP contribution in [0.25, 0.3) is 10.2 Å². The molecule has 3 rings (SSSR count). The van der Waals surface area contributed by atoms with Gasteiger partial charge in [-0.3, -0.25) is 0 Å². The van der Waals surface area contributed by atoms with Crippen LogP contribution in [0.1, 0.15) is 0 Å². The molecule has 0 saturated carbocycles. The van der Waals surface area contributed by atoms with Gasteiger partial charge in [0.1, 0.15) is 5.75 Å². The number of fused-ring (bicyclic) bond motifs is 1. The summed E-state index contributed by atoms with van der Waals surface area (Å²) < 4.78 is 7.18. The Kier molecular flexibility index (Phi) is 3.50. The van der Waals surface area contributed by atoms with Crippen LogP contribution in [0.2, 0.25) is 0 Å². The lowest BCUT2D eigenvalue weighted by Crippen LogP contribution is -1.90. The summed E-state index contributed by atoms with van der Waals surface area (Å²) >= 11 is 5.04. The molecule has 3 aromatic rings. The summed E-state index contributed by atoms with van der Waals surface area (Å²) in [6.07, 6.45) is 0. The number of nitrogens with zero attached hydrogens (tertiary/aromatic N) is 1. The van der Waals surface area contributed by atoms with E-state index in [2.05, 4.69) is 26.2 Å². The molecule has 0 fully saturated rings. The summed E-state index contributed by atoms with van der Waals surface area (Å²) in [5.74, 6) is 0.799. The smallest absolute Gasteiger partial charge is 0.188 e. The van der Waals surface area contributed by atoms with Gasteiger partial charge in [-0.25, -0.2) is 4.98 Å². The number of nitrogen functional groups attached to an aromatic ring is 1. The molecule has 3 N–H and O–H groups in total. The van der Waals surface area contributed by atoms with Crippen molar-refractivity contribution >= 4 is 54.0 Å². The fourth-order valence-electron chi connectivity index (χ4n) is 1.86. The first-order valence-electron chi connectivity index (χ1n) is 5.92. The second-order valence-electron chi connectivity index (χ2n) is 4.22. The average Bonchev–Trinajstić information content (AvgIpc) is 2.80. The lowest BCUT2D eigenvalue weighted by molar-refractivity contribution is 0.412. The lowest BCUT2D eigenvalue weighted by atomic mass is 10.3. The normalized spacial score (nSPS) is 10.7. The third-order valence-electron chi connectivity index (χ3n) is 2.82. The molecule has 102 valence electrons. The highest BCUT2D eigenvalue weighted by Gasteiger charge is 2.06. The van der Waals surface area contributed by atoms with Gasteiger partial charge in [-0.05, 0) is 52.3 Å². The zero-order valence-corrected chi connectivity index (χ0v) is 13.1. The molecule has 0 aliphatic heterocycles. The van der Waals surface area contributed by atoms with E-state index >= 15 is 0 Å². The number of methoxy groups -OCH3 is 1. The number of hydrogen-bond acceptors (Lipinski definition) is 5. The largest absolute Gasteiger partial charge is 0.496 e. The van der Waals surface area contributed by atoms with E-state index in [9.17, 15) is 0 Å². The van der Waals surface area contributed by atoms with Gasteiger partial charge in [0.25, 0.3) is 0 Å². The molecular weight excluding hydrogens is 338 g/mol. The zero-order valence-electron chi connectivity index (χ0n) is 10.7. The summed E-state index contributed by atoms with van der Waals surface area (Å²) in [6, 6.07) is 11.5. The van der Waals surface area contributed by atoms with E-state index in [1.807, 2.05) is 36.4 Å². The molecule has 0 aliphatic rings. The number of anilines is 3. The van der Waals surface area contributed by atoms with Gasteiger partial charge >= 0.3 is 0 Å². The number of hydrogen-bond donors (Lipinski definition) is 2. The average molecular weight is 350 g/mol. The topological polar surface area (TPSA) is 60.2 Å². The number of nitrogens with one attached hydrogen (secondary N) is 1. The molecule has 20 heavy (non-hydrogen) atoms. The third kappa shape index (κ3) is 2.57. The minimum atomic E-state index is 0.750. The summed E-state index contributed by atoms with van der Waals surface area (Å²) in [4.78, 5) is 4.53. The van der Waals surface area contributed by atoms with Crippen molar-refractivity contribution in [1.29, 1.82) is 0 Å². The van der Waals surface area contributed by atoms with Gasteiger partial charge in [0.2, 0.25) is 0 Å². The second kappa shape index (κ2) is 5.30. The number of aromatic nitrogens is 1. The molecule has 0 atom stereocenters. The summed E-state index contributed by atoms with van der Waals surface area (Å²) in [6.45, 7) is 0. The molecule has 0 aliphatic carbocycles. The highest BCUT2D eigenvalue weighted by molar-refractivity contribution is 9.10. The van der Waals surface area contributed by atoms with Gasteiger partial charge in [0, 0.05) is 11.4 Å². The van der Waals surface area contributed by atoms with Crippen molar-refractivity contribution in [3.05, 3.63) is 40.9 Å². The molecule has 0 saturated heterocycles. The molecule has 0 spiro atoms. The molecule has 2 aromatic carbocycles. The van der Waals surface area contributed by atoms with Crippen molar-refractivity contribution in [1.82, 2.24) is 4.98 Å². The fraction of sp³-hybridized carbons (Fsp3) is 0.0714. The highest BCUT2D eigenvalue weighted by atomic mass is 79.9. The number of nitrogens with two attached hydrogens (primary N) is 1. The van der Waals surface area contributed by atoms with Crippen molar-refractivity contribution < 1.29 is 4.74 Å².